The highest BCUT2D eigenvalue weighted by Crippen LogP contribution is 2.25. The summed E-state index contributed by atoms with van der Waals surface area (Å²) in [6, 6.07) is 9.27. The molecule has 0 spiro atoms. The fraction of sp³-hybridized carbons (Fsp3) is 0.381. The molecule has 4 rings (SSSR count). The lowest BCUT2D eigenvalue weighted by molar-refractivity contribution is 0.0949. The lowest BCUT2D eigenvalue weighted by Gasteiger charge is -2.21. The molecular formula is C21H23FN2O. The Morgan fingerprint density at radius 1 is 1.08 bits per heavy atom. The van der Waals surface area contributed by atoms with Crippen molar-refractivity contribution < 1.29 is 9.18 Å². The second kappa shape index (κ2) is 6.96. The topological polar surface area (TPSA) is 41.1 Å². The molecule has 0 aromatic heterocycles. The lowest BCUT2D eigenvalue weighted by atomic mass is 9.88. The zero-order chi connectivity index (χ0) is 17.2. The SMILES string of the molecule is O=C(NCc1cccc2c1CCCC2)c1cc(F)cc2c1CNCC2. The maximum absolute atomic E-state index is 13.9. The van der Waals surface area contributed by atoms with Gasteiger partial charge in [-0.05, 0) is 78.6 Å². The normalized spacial score (nSPS) is 16.0. The van der Waals surface area contributed by atoms with Gasteiger partial charge < -0.3 is 10.6 Å². The minimum Gasteiger partial charge on any atom is -0.348 e. The van der Waals surface area contributed by atoms with E-state index in [1.165, 1.54) is 35.6 Å². The zero-order valence-electron chi connectivity index (χ0n) is 14.3. The van der Waals surface area contributed by atoms with Crippen LogP contribution in [0.25, 0.3) is 0 Å². The van der Waals surface area contributed by atoms with E-state index >= 15 is 0 Å². The van der Waals surface area contributed by atoms with Crippen molar-refractivity contribution in [2.45, 2.75) is 45.2 Å². The minimum absolute atomic E-state index is 0.187. The van der Waals surface area contributed by atoms with E-state index in [0.29, 0.717) is 18.7 Å². The Balaban J connectivity index is 1.55. The fourth-order valence-corrected chi connectivity index (χ4v) is 4.06. The summed E-state index contributed by atoms with van der Waals surface area (Å²) in [5.74, 6) is -0.518. The van der Waals surface area contributed by atoms with E-state index in [1.807, 2.05) is 0 Å². The fourth-order valence-electron chi connectivity index (χ4n) is 4.06. The summed E-state index contributed by atoms with van der Waals surface area (Å²) < 4.78 is 13.9. The number of aryl methyl sites for hydroxylation is 1. The molecule has 0 atom stereocenters. The van der Waals surface area contributed by atoms with Crippen molar-refractivity contribution in [3.05, 3.63) is 69.5 Å². The van der Waals surface area contributed by atoms with Crippen LogP contribution in [-0.2, 0) is 32.4 Å². The highest BCUT2D eigenvalue weighted by atomic mass is 19.1. The molecule has 0 saturated heterocycles. The van der Waals surface area contributed by atoms with Crippen LogP contribution in [0.1, 0.15) is 51.0 Å². The van der Waals surface area contributed by atoms with Gasteiger partial charge in [-0.2, -0.15) is 0 Å². The van der Waals surface area contributed by atoms with Crippen molar-refractivity contribution in [2.75, 3.05) is 6.54 Å². The minimum atomic E-state index is -0.331. The highest BCUT2D eigenvalue weighted by molar-refractivity contribution is 5.96. The molecule has 4 heteroatoms. The quantitative estimate of drug-likeness (QED) is 0.902. The van der Waals surface area contributed by atoms with Crippen LogP contribution in [-0.4, -0.2) is 12.5 Å². The Labute approximate surface area is 147 Å². The van der Waals surface area contributed by atoms with Crippen molar-refractivity contribution in [1.29, 1.82) is 0 Å². The van der Waals surface area contributed by atoms with Gasteiger partial charge in [0.2, 0.25) is 0 Å². The van der Waals surface area contributed by atoms with Gasteiger partial charge in [-0.3, -0.25) is 4.79 Å². The Kier molecular flexibility index (Phi) is 4.53. The number of halogens is 1. The number of amides is 1. The maximum Gasteiger partial charge on any atom is 0.251 e. The number of carbonyl (C=O) groups excluding carboxylic acids is 1. The molecule has 1 amide bonds. The lowest BCUT2D eigenvalue weighted by Crippen LogP contribution is -2.30. The molecule has 2 aliphatic rings. The standard InChI is InChI=1S/C21H23FN2O/c22-17-10-15-8-9-23-13-20(15)19(11-17)21(25)24-12-16-6-3-5-14-4-1-2-7-18(14)16/h3,5-6,10-11,23H,1-2,4,7-9,12-13H2,(H,24,25). The van der Waals surface area contributed by atoms with Crippen LogP contribution in [0.2, 0.25) is 0 Å². The monoisotopic (exact) mass is 338 g/mol. The summed E-state index contributed by atoms with van der Waals surface area (Å²) in [4.78, 5) is 12.7. The van der Waals surface area contributed by atoms with Gasteiger partial charge in [0.05, 0.1) is 0 Å². The Morgan fingerprint density at radius 3 is 2.88 bits per heavy atom. The molecule has 2 aromatic rings. The zero-order valence-corrected chi connectivity index (χ0v) is 14.3. The average Bonchev–Trinajstić information content (AvgIpc) is 2.65. The van der Waals surface area contributed by atoms with Crippen molar-refractivity contribution >= 4 is 5.91 Å². The number of rotatable bonds is 3. The Hall–Kier alpha value is -2.20. The van der Waals surface area contributed by atoms with Crippen molar-refractivity contribution in [3.63, 3.8) is 0 Å². The molecule has 2 N–H and O–H groups in total. The van der Waals surface area contributed by atoms with Gasteiger partial charge in [0.25, 0.3) is 5.91 Å². The number of hydrogen-bond acceptors (Lipinski definition) is 2. The third-order valence-corrected chi connectivity index (χ3v) is 5.36. The van der Waals surface area contributed by atoms with E-state index in [4.69, 9.17) is 0 Å². The van der Waals surface area contributed by atoms with Crippen LogP contribution >= 0.6 is 0 Å². The van der Waals surface area contributed by atoms with E-state index in [0.717, 1.165) is 36.9 Å². The van der Waals surface area contributed by atoms with Crippen LogP contribution < -0.4 is 10.6 Å². The number of nitrogens with one attached hydrogen (secondary N) is 2. The van der Waals surface area contributed by atoms with E-state index in [1.54, 1.807) is 6.07 Å². The van der Waals surface area contributed by atoms with Crippen LogP contribution in [0.5, 0.6) is 0 Å². The molecule has 2 aromatic carbocycles. The molecule has 130 valence electrons. The third kappa shape index (κ3) is 3.31. The van der Waals surface area contributed by atoms with E-state index in [2.05, 4.69) is 28.8 Å². The first-order valence-electron chi connectivity index (χ1n) is 9.12. The first-order valence-corrected chi connectivity index (χ1v) is 9.12. The van der Waals surface area contributed by atoms with Gasteiger partial charge in [0.1, 0.15) is 5.82 Å². The molecule has 1 heterocycles. The molecule has 0 radical (unpaired) electrons. The molecule has 0 bridgehead atoms. The predicted molar refractivity (Wildman–Crippen MR) is 96.1 cm³/mol. The summed E-state index contributed by atoms with van der Waals surface area (Å²) in [6.07, 6.45) is 5.42. The molecular weight excluding hydrogens is 315 g/mol. The Bertz CT molecular complexity index is 816. The molecule has 3 nitrogen and oxygen atoms in total. The second-order valence-electron chi connectivity index (χ2n) is 6.96. The van der Waals surface area contributed by atoms with Crippen molar-refractivity contribution in [3.8, 4) is 0 Å². The third-order valence-electron chi connectivity index (χ3n) is 5.36. The van der Waals surface area contributed by atoms with Gasteiger partial charge in [0.15, 0.2) is 0 Å². The average molecular weight is 338 g/mol. The molecule has 0 saturated carbocycles. The summed E-state index contributed by atoms with van der Waals surface area (Å²) in [5, 5.41) is 6.28. The van der Waals surface area contributed by atoms with Gasteiger partial charge in [-0.25, -0.2) is 4.39 Å². The summed E-state index contributed by atoms with van der Waals surface area (Å²) >= 11 is 0. The largest absolute Gasteiger partial charge is 0.348 e. The number of benzene rings is 2. The second-order valence-corrected chi connectivity index (χ2v) is 6.96. The molecule has 1 aliphatic carbocycles. The van der Waals surface area contributed by atoms with E-state index in [-0.39, 0.29) is 11.7 Å². The van der Waals surface area contributed by atoms with Crippen molar-refractivity contribution in [2.24, 2.45) is 0 Å². The molecule has 1 aliphatic heterocycles. The Morgan fingerprint density at radius 2 is 1.96 bits per heavy atom. The maximum atomic E-state index is 13.9. The first kappa shape index (κ1) is 16.3. The smallest absolute Gasteiger partial charge is 0.251 e. The summed E-state index contributed by atoms with van der Waals surface area (Å²) in [7, 11) is 0. The first-order chi connectivity index (χ1) is 12.2. The van der Waals surface area contributed by atoms with Gasteiger partial charge in [-0.15, -0.1) is 0 Å². The summed E-state index contributed by atoms with van der Waals surface area (Å²) in [6.45, 7) is 1.95. The number of fused-ring (bicyclic) bond motifs is 2. The van der Waals surface area contributed by atoms with E-state index < -0.39 is 0 Å². The van der Waals surface area contributed by atoms with Crippen LogP contribution in [0.4, 0.5) is 4.39 Å². The van der Waals surface area contributed by atoms with Gasteiger partial charge >= 0.3 is 0 Å². The number of carbonyl (C=O) groups is 1. The summed E-state index contributed by atoms with van der Waals surface area (Å²) in [5.41, 5.74) is 6.32. The number of hydrogen-bond donors (Lipinski definition) is 2. The molecule has 0 fully saturated rings. The van der Waals surface area contributed by atoms with Gasteiger partial charge in [0, 0.05) is 18.7 Å². The predicted octanol–water partition coefficient (Wildman–Crippen LogP) is 3.28. The van der Waals surface area contributed by atoms with Crippen LogP contribution in [0, 0.1) is 5.82 Å². The molecule has 25 heavy (non-hydrogen) atoms. The van der Waals surface area contributed by atoms with Crippen molar-refractivity contribution in [1.82, 2.24) is 10.6 Å². The highest BCUT2D eigenvalue weighted by Gasteiger charge is 2.20. The molecule has 0 unspecified atom stereocenters. The van der Waals surface area contributed by atoms with Crippen LogP contribution in [0.15, 0.2) is 30.3 Å². The van der Waals surface area contributed by atoms with Crippen LogP contribution in [0.3, 0.4) is 0 Å². The van der Waals surface area contributed by atoms with E-state index in [9.17, 15) is 9.18 Å². The van der Waals surface area contributed by atoms with Gasteiger partial charge in [-0.1, -0.05) is 18.2 Å².